The van der Waals surface area contributed by atoms with Gasteiger partial charge < -0.3 is 9.47 Å². The molecule has 0 atom stereocenters. The summed E-state index contributed by atoms with van der Waals surface area (Å²) < 4.78 is 11.5. The van der Waals surface area contributed by atoms with Crippen molar-refractivity contribution in [1.29, 1.82) is 0 Å². The number of nitrogens with zero attached hydrogens (tertiary/aromatic N) is 1. The van der Waals surface area contributed by atoms with Gasteiger partial charge in [0.15, 0.2) is 0 Å². The van der Waals surface area contributed by atoms with Crippen LogP contribution in [0.15, 0.2) is 52.0 Å². The maximum Gasteiger partial charge on any atom is 0.343 e. The fourth-order valence-corrected chi connectivity index (χ4v) is 4.51. The molecule has 0 spiro atoms. The Kier molecular flexibility index (Phi) is 16.1. The number of rotatable bonds is 19. The fourth-order valence-electron chi connectivity index (χ4n) is 4.13. The molecular formula is C31H43BrN2O4. The zero-order valence-electron chi connectivity index (χ0n) is 23.0. The Hall–Kier alpha value is -2.67. The van der Waals surface area contributed by atoms with Crippen molar-refractivity contribution in [3.05, 3.63) is 58.1 Å². The van der Waals surface area contributed by atoms with Crippen molar-refractivity contribution < 1.29 is 19.1 Å². The summed E-state index contributed by atoms with van der Waals surface area (Å²) in [4.78, 5) is 24.7. The SMILES string of the molecule is CCCCCCCCCCCCCCCC(=O)N/N=C\c1cc(Br)ccc1OC(=O)c1ccc(OC)cc1. The Morgan fingerprint density at radius 3 is 2.00 bits per heavy atom. The van der Waals surface area contributed by atoms with Gasteiger partial charge in [-0.25, -0.2) is 10.2 Å². The van der Waals surface area contributed by atoms with Crippen molar-refractivity contribution in [3.8, 4) is 11.5 Å². The van der Waals surface area contributed by atoms with E-state index in [-0.39, 0.29) is 5.91 Å². The van der Waals surface area contributed by atoms with Gasteiger partial charge in [-0.05, 0) is 48.9 Å². The van der Waals surface area contributed by atoms with Crippen molar-refractivity contribution in [2.45, 2.75) is 96.8 Å². The highest BCUT2D eigenvalue weighted by Crippen LogP contribution is 2.23. The minimum Gasteiger partial charge on any atom is -0.497 e. The largest absolute Gasteiger partial charge is 0.497 e. The number of hydrogen-bond donors (Lipinski definition) is 1. The lowest BCUT2D eigenvalue weighted by molar-refractivity contribution is -0.121. The fraction of sp³-hybridized carbons (Fsp3) is 0.516. The molecule has 0 saturated heterocycles. The molecular weight excluding hydrogens is 544 g/mol. The van der Waals surface area contributed by atoms with E-state index in [2.05, 4.69) is 33.4 Å². The number of esters is 1. The Morgan fingerprint density at radius 1 is 0.842 bits per heavy atom. The van der Waals surface area contributed by atoms with E-state index in [4.69, 9.17) is 9.47 Å². The average Bonchev–Trinajstić information content (AvgIpc) is 2.92. The lowest BCUT2D eigenvalue weighted by Gasteiger charge is -2.08. The summed E-state index contributed by atoms with van der Waals surface area (Å²) in [7, 11) is 1.57. The predicted octanol–water partition coefficient (Wildman–Crippen LogP) is 8.61. The number of methoxy groups -OCH3 is 1. The lowest BCUT2D eigenvalue weighted by Crippen LogP contribution is -2.17. The highest BCUT2D eigenvalue weighted by molar-refractivity contribution is 9.10. The molecule has 2 rings (SSSR count). The number of benzene rings is 2. The molecule has 38 heavy (non-hydrogen) atoms. The van der Waals surface area contributed by atoms with E-state index >= 15 is 0 Å². The van der Waals surface area contributed by atoms with Crippen molar-refractivity contribution >= 4 is 34.0 Å². The lowest BCUT2D eigenvalue weighted by atomic mass is 10.0. The maximum atomic E-state index is 12.5. The normalized spacial score (nSPS) is 11.0. The van der Waals surface area contributed by atoms with E-state index in [1.165, 1.54) is 76.8 Å². The van der Waals surface area contributed by atoms with Crippen molar-refractivity contribution in [1.82, 2.24) is 5.43 Å². The van der Waals surface area contributed by atoms with Crippen LogP contribution in [0.2, 0.25) is 0 Å². The summed E-state index contributed by atoms with van der Waals surface area (Å²) in [5.41, 5.74) is 3.56. The molecule has 1 N–H and O–H groups in total. The first kappa shape index (κ1) is 31.5. The first-order valence-electron chi connectivity index (χ1n) is 14.0. The molecule has 0 aromatic heterocycles. The number of amides is 1. The van der Waals surface area contributed by atoms with Gasteiger partial charge in [0.05, 0.1) is 18.9 Å². The zero-order chi connectivity index (χ0) is 27.4. The molecule has 0 saturated carbocycles. The molecule has 0 bridgehead atoms. The molecule has 0 unspecified atom stereocenters. The van der Waals surface area contributed by atoms with Crippen LogP contribution in [-0.4, -0.2) is 25.2 Å². The summed E-state index contributed by atoms with van der Waals surface area (Å²) in [5, 5.41) is 4.07. The van der Waals surface area contributed by atoms with Gasteiger partial charge in [0.1, 0.15) is 11.5 Å². The molecule has 6 nitrogen and oxygen atoms in total. The predicted molar refractivity (Wildman–Crippen MR) is 158 cm³/mol. The summed E-state index contributed by atoms with van der Waals surface area (Å²) in [5.74, 6) is 0.406. The van der Waals surface area contributed by atoms with Gasteiger partial charge in [0.2, 0.25) is 5.91 Å². The van der Waals surface area contributed by atoms with Gasteiger partial charge in [0, 0.05) is 16.5 Å². The van der Waals surface area contributed by atoms with Gasteiger partial charge in [-0.1, -0.05) is 99.9 Å². The third kappa shape index (κ3) is 13.2. The molecule has 0 aliphatic rings. The smallest absolute Gasteiger partial charge is 0.343 e. The molecule has 0 heterocycles. The number of nitrogens with one attached hydrogen (secondary N) is 1. The first-order chi connectivity index (χ1) is 18.5. The van der Waals surface area contributed by atoms with E-state index in [1.54, 1.807) is 49.6 Å². The number of carbonyl (C=O) groups is 2. The number of carbonyl (C=O) groups excluding carboxylic acids is 2. The third-order valence-electron chi connectivity index (χ3n) is 6.40. The van der Waals surface area contributed by atoms with Gasteiger partial charge in [-0.15, -0.1) is 0 Å². The van der Waals surface area contributed by atoms with Crippen molar-refractivity contribution in [2.24, 2.45) is 5.10 Å². The molecule has 7 heteroatoms. The molecule has 0 aliphatic heterocycles. The third-order valence-corrected chi connectivity index (χ3v) is 6.89. The molecule has 2 aromatic carbocycles. The zero-order valence-corrected chi connectivity index (χ0v) is 24.6. The molecule has 2 aromatic rings. The van der Waals surface area contributed by atoms with Gasteiger partial charge in [-0.3, -0.25) is 4.79 Å². The number of hydrogen-bond acceptors (Lipinski definition) is 5. The van der Waals surface area contributed by atoms with E-state index in [0.29, 0.717) is 29.0 Å². The summed E-state index contributed by atoms with van der Waals surface area (Å²) in [6.45, 7) is 2.26. The monoisotopic (exact) mass is 586 g/mol. The minimum atomic E-state index is -0.490. The van der Waals surface area contributed by atoms with Crippen LogP contribution in [-0.2, 0) is 4.79 Å². The second-order valence-corrected chi connectivity index (χ2v) is 10.5. The topological polar surface area (TPSA) is 77.0 Å². The Labute approximate surface area is 236 Å². The van der Waals surface area contributed by atoms with Crippen LogP contribution >= 0.6 is 15.9 Å². The molecule has 1 amide bonds. The number of hydrazone groups is 1. The number of ether oxygens (including phenoxy) is 2. The van der Waals surface area contributed by atoms with Crippen molar-refractivity contribution in [3.63, 3.8) is 0 Å². The second kappa shape index (κ2) is 19.4. The van der Waals surface area contributed by atoms with E-state index in [1.807, 2.05) is 0 Å². The van der Waals surface area contributed by atoms with Gasteiger partial charge in [0.25, 0.3) is 0 Å². The summed E-state index contributed by atoms with van der Waals surface area (Å²) >= 11 is 3.42. The second-order valence-electron chi connectivity index (χ2n) is 9.59. The standard InChI is InChI=1S/C31H43BrN2O4/c1-3-4-5-6-7-8-9-10-11-12-13-14-15-16-30(35)34-33-24-26-23-27(32)19-22-29(26)38-31(36)25-17-20-28(37-2)21-18-25/h17-24H,3-16H2,1-2H3,(H,34,35)/b33-24-. The molecule has 208 valence electrons. The summed E-state index contributed by atoms with van der Waals surface area (Å²) in [6, 6.07) is 11.9. The maximum absolute atomic E-state index is 12.5. The van der Waals surface area contributed by atoms with E-state index < -0.39 is 5.97 Å². The van der Waals surface area contributed by atoms with Crippen LogP contribution in [0.1, 0.15) is 113 Å². The minimum absolute atomic E-state index is 0.115. The van der Waals surface area contributed by atoms with Crippen LogP contribution in [0.25, 0.3) is 0 Å². The van der Waals surface area contributed by atoms with Crippen molar-refractivity contribution in [2.75, 3.05) is 7.11 Å². The van der Waals surface area contributed by atoms with Gasteiger partial charge >= 0.3 is 5.97 Å². The Morgan fingerprint density at radius 2 is 1.42 bits per heavy atom. The Balaban J connectivity index is 1.64. The van der Waals surface area contributed by atoms with Crippen LogP contribution in [0.4, 0.5) is 0 Å². The quantitative estimate of drug-likeness (QED) is 0.0587. The number of unbranched alkanes of at least 4 members (excludes halogenated alkanes) is 12. The average molecular weight is 588 g/mol. The Bertz CT molecular complexity index is 992. The van der Waals surface area contributed by atoms with Crippen LogP contribution in [0.5, 0.6) is 11.5 Å². The van der Waals surface area contributed by atoms with E-state index in [0.717, 1.165) is 17.3 Å². The highest BCUT2D eigenvalue weighted by Gasteiger charge is 2.12. The van der Waals surface area contributed by atoms with Crippen LogP contribution in [0.3, 0.4) is 0 Å². The first-order valence-corrected chi connectivity index (χ1v) is 14.8. The van der Waals surface area contributed by atoms with E-state index in [9.17, 15) is 9.59 Å². The number of halogens is 1. The molecule has 0 aliphatic carbocycles. The molecule has 0 radical (unpaired) electrons. The van der Waals surface area contributed by atoms with Crippen LogP contribution in [0, 0.1) is 0 Å². The van der Waals surface area contributed by atoms with Crippen LogP contribution < -0.4 is 14.9 Å². The molecule has 0 fully saturated rings. The summed E-state index contributed by atoms with van der Waals surface area (Å²) in [6.07, 6.45) is 18.5. The van der Waals surface area contributed by atoms with Gasteiger partial charge in [-0.2, -0.15) is 5.10 Å². The highest BCUT2D eigenvalue weighted by atomic mass is 79.9.